The standard InChI is InChI=1S/C26H28F4O/c1-2-3-16-4-5-21-13-20(11-10-19(21)12-16)17-6-8-18(9-7-17)22-14-23(27)25(24(28)15-22)31-26(29)30/h2-3,6-9,14-16,19-21,26H,4-5,10-13H2,1H3/b3-2+. The molecular weight excluding hydrogens is 404 g/mol. The second-order valence-electron chi connectivity index (χ2n) is 8.90. The lowest BCUT2D eigenvalue weighted by atomic mass is 9.64. The Balaban J connectivity index is 1.45. The number of ether oxygens (including phenoxy) is 1. The van der Waals surface area contributed by atoms with Crippen LogP contribution in [0, 0.1) is 29.4 Å². The maximum Gasteiger partial charge on any atom is 0.387 e. The first-order valence-electron chi connectivity index (χ1n) is 11.1. The summed E-state index contributed by atoms with van der Waals surface area (Å²) in [7, 11) is 0. The van der Waals surface area contributed by atoms with Gasteiger partial charge in [0, 0.05) is 0 Å². The molecule has 2 aromatic rings. The number of hydrogen-bond acceptors (Lipinski definition) is 1. The molecule has 0 aromatic heterocycles. The van der Waals surface area contributed by atoms with E-state index in [2.05, 4.69) is 23.8 Å². The molecule has 1 nitrogen and oxygen atoms in total. The zero-order valence-electron chi connectivity index (χ0n) is 17.7. The fraction of sp³-hybridized carbons (Fsp3) is 0.462. The third-order valence-electron chi connectivity index (χ3n) is 7.04. The third kappa shape index (κ3) is 4.97. The van der Waals surface area contributed by atoms with Crippen molar-refractivity contribution in [3.8, 4) is 16.9 Å². The smallest absolute Gasteiger partial charge is 0.387 e. The molecule has 2 fully saturated rings. The van der Waals surface area contributed by atoms with Gasteiger partial charge in [0.15, 0.2) is 17.4 Å². The number of benzene rings is 2. The summed E-state index contributed by atoms with van der Waals surface area (Å²) in [5, 5.41) is 0. The van der Waals surface area contributed by atoms with Crippen LogP contribution in [0.25, 0.3) is 11.1 Å². The first-order valence-corrected chi connectivity index (χ1v) is 11.1. The molecule has 0 amide bonds. The van der Waals surface area contributed by atoms with Gasteiger partial charge < -0.3 is 4.74 Å². The van der Waals surface area contributed by atoms with Gasteiger partial charge in [-0.3, -0.25) is 0 Å². The molecule has 2 saturated carbocycles. The first-order chi connectivity index (χ1) is 14.9. The normalized spacial score (nSPS) is 26.3. The van der Waals surface area contributed by atoms with E-state index in [1.165, 1.54) is 44.1 Å². The molecule has 2 aromatic carbocycles. The summed E-state index contributed by atoms with van der Waals surface area (Å²) in [4.78, 5) is 0. The van der Waals surface area contributed by atoms with E-state index >= 15 is 0 Å². The Labute approximate surface area is 181 Å². The maximum absolute atomic E-state index is 14.1. The van der Waals surface area contributed by atoms with E-state index in [9.17, 15) is 17.6 Å². The van der Waals surface area contributed by atoms with Gasteiger partial charge in [0.2, 0.25) is 0 Å². The lowest BCUT2D eigenvalue weighted by molar-refractivity contribution is -0.0546. The number of alkyl halides is 2. The molecule has 0 N–H and O–H groups in total. The van der Waals surface area contributed by atoms with Gasteiger partial charge in [0.05, 0.1) is 0 Å². The van der Waals surface area contributed by atoms with Crippen molar-refractivity contribution in [2.45, 2.75) is 58.0 Å². The zero-order valence-corrected chi connectivity index (χ0v) is 17.7. The minimum absolute atomic E-state index is 0.300. The van der Waals surface area contributed by atoms with Crippen LogP contribution in [0.5, 0.6) is 5.75 Å². The Morgan fingerprint density at radius 2 is 1.52 bits per heavy atom. The SMILES string of the molecule is C/C=C/C1CCC2CC(c3ccc(-c4cc(F)c(OC(F)F)c(F)c4)cc3)CCC2C1. The van der Waals surface area contributed by atoms with Crippen molar-refractivity contribution in [2.75, 3.05) is 0 Å². The molecule has 4 rings (SSSR count). The highest BCUT2D eigenvalue weighted by atomic mass is 19.3. The monoisotopic (exact) mass is 432 g/mol. The average molecular weight is 433 g/mol. The average Bonchev–Trinajstić information content (AvgIpc) is 2.76. The van der Waals surface area contributed by atoms with E-state index in [4.69, 9.17) is 0 Å². The van der Waals surface area contributed by atoms with E-state index in [0.29, 0.717) is 17.0 Å². The summed E-state index contributed by atoms with van der Waals surface area (Å²) >= 11 is 0. The van der Waals surface area contributed by atoms with E-state index in [0.717, 1.165) is 29.9 Å². The molecule has 0 saturated heterocycles. The minimum Gasteiger partial charge on any atom is -0.429 e. The van der Waals surface area contributed by atoms with Gasteiger partial charge in [-0.05, 0) is 97.9 Å². The highest BCUT2D eigenvalue weighted by Gasteiger charge is 2.35. The van der Waals surface area contributed by atoms with Crippen molar-refractivity contribution in [2.24, 2.45) is 17.8 Å². The fourth-order valence-electron chi connectivity index (χ4n) is 5.55. The second-order valence-corrected chi connectivity index (χ2v) is 8.90. The molecule has 0 spiro atoms. The summed E-state index contributed by atoms with van der Waals surface area (Å²) in [6.45, 7) is -1.18. The Morgan fingerprint density at radius 1 is 0.871 bits per heavy atom. The van der Waals surface area contributed by atoms with E-state index in [1.54, 1.807) is 0 Å². The number of rotatable bonds is 5. The number of allylic oxidation sites excluding steroid dienone is 2. The highest BCUT2D eigenvalue weighted by Crippen LogP contribution is 2.48. The summed E-state index contributed by atoms with van der Waals surface area (Å²) in [6.07, 6.45) is 12.0. The first kappa shape index (κ1) is 21.9. The molecule has 0 radical (unpaired) electrons. The predicted octanol–water partition coefficient (Wildman–Crippen LogP) is 8.11. The molecule has 0 heterocycles. The molecular formula is C26H28F4O. The van der Waals surface area contributed by atoms with Gasteiger partial charge in [-0.2, -0.15) is 8.78 Å². The maximum atomic E-state index is 14.1. The van der Waals surface area contributed by atoms with Crippen LogP contribution in [0.15, 0.2) is 48.6 Å². The van der Waals surface area contributed by atoms with Crippen LogP contribution < -0.4 is 4.74 Å². The molecule has 0 aliphatic heterocycles. The van der Waals surface area contributed by atoms with Gasteiger partial charge in [-0.25, -0.2) is 8.78 Å². The Hall–Kier alpha value is -2.30. The summed E-state index contributed by atoms with van der Waals surface area (Å²) in [6, 6.07) is 9.84. The Morgan fingerprint density at radius 3 is 2.16 bits per heavy atom. The molecule has 5 heteroatoms. The van der Waals surface area contributed by atoms with Crippen LogP contribution in [-0.4, -0.2) is 6.61 Å². The topological polar surface area (TPSA) is 9.23 Å². The van der Waals surface area contributed by atoms with Gasteiger partial charge in [0.25, 0.3) is 0 Å². The van der Waals surface area contributed by atoms with Crippen LogP contribution in [-0.2, 0) is 0 Å². The van der Waals surface area contributed by atoms with Crippen LogP contribution in [0.1, 0.15) is 56.9 Å². The Kier molecular flexibility index (Phi) is 6.68. The number of fused-ring (bicyclic) bond motifs is 1. The fourth-order valence-corrected chi connectivity index (χ4v) is 5.55. The summed E-state index contributed by atoms with van der Waals surface area (Å²) in [5.74, 6) is -0.450. The lowest BCUT2D eigenvalue weighted by Crippen LogP contribution is -2.30. The molecule has 0 bridgehead atoms. The third-order valence-corrected chi connectivity index (χ3v) is 7.04. The summed E-state index contributed by atoms with van der Waals surface area (Å²) < 4.78 is 56.7. The molecule has 4 unspecified atom stereocenters. The second kappa shape index (κ2) is 9.46. The van der Waals surface area contributed by atoms with Crippen LogP contribution >= 0.6 is 0 Å². The number of hydrogen-bond donors (Lipinski definition) is 0. The molecule has 166 valence electrons. The van der Waals surface area contributed by atoms with Crippen molar-refractivity contribution in [1.82, 2.24) is 0 Å². The van der Waals surface area contributed by atoms with Crippen LogP contribution in [0.2, 0.25) is 0 Å². The molecule has 2 aliphatic rings. The van der Waals surface area contributed by atoms with Crippen molar-refractivity contribution in [3.05, 3.63) is 65.7 Å². The minimum atomic E-state index is -3.28. The van der Waals surface area contributed by atoms with Crippen molar-refractivity contribution in [3.63, 3.8) is 0 Å². The van der Waals surface area contributed by atoms with Crippen LogP contribution in [0.4, 0.5) is 17.6 Å². The van der Waals surface area contributed by atoms with Gasteiger partial charge in [0.1, 0.15) is 0 Å². The molecule has 31 heavy (non-hydrogen) atoms. The highest BCUT2D eigenvalue weighted by molar-refractivity contribution is 5.65. The quantitative estimate of drug-likeness (QED) is 0.342. The van der Waals surface area contributed by atoms with E-state index in [-0.39, 0.29) is 0 Å². The van der Waals surface area contributed by atoms with Gasteiger partial charge in [-0.1, -0.05) is 36.4 Å². The van der Waals surface area contributed by atoms with Crippen molar-refractivity contribution < 1.29 is 22.3 Å². The largest absolute Gasteiger partial charge is 0.429 e. The molecule has 4 atom stereocenters. The van der Waals surface area contributed by atoms with Gasteiger partial charge in [-0.15, -0.1) is 0 Å². The summed E-state index contributed by atoms with van der Waals surface area (Å²) in [5.41, 5.74) is 2.20. The number of halogens is 4. The zero-order chi connectivity index (χ0) is 22.0. The lowest BCUT2D eigenvalue weighted by Gasteiger charge is -2.41. The van der Waals surface area contributed by atoms with E-state index < -0.39 is 24.0 Å². The van der Waals surface area contributed by atoms with E-state index in [1.807, 2.05) is 24.3 Å². The van der Waals surface area contributed by atoms with Crippen molar-refractivity contribution >= 4 is 0 Å². The molecule has 2 aliphatic carbocycles. The van der Waals surface area contributed by atoms with Crippen LogP contribution in [0.3, 0.4) is 0 Å². The Bertz CT molecular complexity index is 898. The van der Waals surface area contributed by atoms with Crippen molar-refractivity contribution in [1.29, 1.82) is 0 Å². The van der Waals surface area contributed by atoms with Gasteiger partial charge >= 0.3 is 6.61 Å². The predicted molar refractivity (Wildman–Crippen MR) is 114 cm³/mol.